The quantitative estimate of drug-likeness (QED) is 0.852. The molecule has 1 fully saturated rings. The minimum atomic E-state index is 0.353. The van der Waals surface area contributed by atoms with E-state index in [0.29, 0.717) is 24.3 Å². The van der Waals surface area contributed by atoms with Crippen molar-refractivity contribution in [2.24, 2.45) is 0 Å². The third-order valence-corrected chi connectivity index (χ3v) is 3.15. The summed E-state index contributed by atoms with van der Waals surface area (Å²) in [7, 11) is 0. The molecule has 5 heteroatoms. The Morgan fingerprint density at radius 2 is 2.06 bits per heavy atom. The topological polar surface area (TPSA) is 73.1 Å². The van der Waals surface area contributed by atoms with Crippen LogP contribution < -0.4 is 15.8 Å². The van der Waals surface area contributed by atoms with E-state index in [0.717, 1.165) is 24.0 Å². The number of nitrogens with zero attached hydrogens (tertiary/aromatic N) is 2. The molecule has 94 valence electrons. The van der Waals surface area contributed by atoms with Crippen molar-refractivity contribution in [3.05, 3.63) is 24.3 Å². The van der Waals surface area contributed by atoms with Gasteiger partial charge in [0, 0.05) is 6.04 Å². The predicted octanol–water partition coefficient (Wildman–Crippen LogP) is 1.34. The number of ether oxygens (including phenoxy) is 1. The van der Waals surface area contributed by atoms with Gasteiger partial charge in [0.15, 0.2) is 5.82 Å². The zero-order chi connectivity index (χ0) is 12.4. The van der Waals surface area contributed by atoms with Crippen LogP contribution in [0.4, 0.5) is 5.82 Å². The number of para-hydroxylation sites is 2. The number of anilines is 1. The lowest BCUT2D eigenvalue weighted by Crippen LogP contribution is -2.28. The lowest BCUT2D eigenvalue weighted by molar-refractivity contribution is 0.269. The first-order chi connectivity index (χ1) is 8.83. The molecule has 3 rings (SSSR count). The van der Waals surface area contributed by atoms with Crippen LogP contribution in [-0.2, 0) is 0 Å². The zero-order valence-electron chi connectivity index (χ0n) is 10.1. The van der Waals surface area contributed by atoms with Gasteiger partial charge in [0.25, 0.3) is 5.88 Å². The largest absolute Gasteiger partial charge is 0.473 e. The van der Waals surface area contributed by atoms with Crippen LogP contribution in [0.1, 0.15) is 12.8 Å². The van der Waals surface area contributed by atoms with Gasteiger partial charge in [0.1, 0.15) is 6.61 Å². The van der Waals surface area contributed by atoms with Gasteiger partial charge in [0.2, 0.25) is 0 Å². The summed E-state index contributed by atoms with van der Waals surface area (Å²) in [6, 6.07) is 8.04. The summed E-state index contributed by atoms with van der Waals surface area (Å²) >= 11 is 0. The van der Waals surface area contributed by atoms with Crippen LogP contribution in [0.25, 0.3) is 11.0 Å². The Hall–Kier alpha value is -1.88. The van der Waals surface area contributed by atoms with Crippen molar-refractivity contribution >= 4 is 16.9 Å². The van der Waals surface area contributed by atoms with Crippen LogP contribution in [-0.4, -0.2) is 29.2 Å². The Balaban J connectivity index is 1.80. The molecule has 0 aliphatic carbocycles. The molecule has 0 saturated carbocycles. The Morgan fingerprint density at radius 1 is 1.28 bits per heavy atom. The zero-order valence-corrected chi connectivity index (χ0v) is 10.1. The highest BCUT2D eigenvalue weighted by atomic mass is 16.5. The molecular formula is C13H16N4O. The van der Waals surface area contributed by atoms with E-state index in [4.69, 9.17) is 10.5 Å². The number of nitrogen functional groups attached to an aromatic ring is 1. The van der Waals surface area contributed by atoms with Gasteiger partial charge in [-0.15, -0.1) is 0 Å². The SMILES string of the molecule is Nc1nc2ccccc2nc1OC[C@H]1CCCN1. The standard InChI is InChI=1S/C13H16N4O/c14-12-13(18-8-9-4-3-7-15-9)17-11-6-2-1-5-10(11)16-12/h1-2,5-6,9,15H,3-4,7-8H2,(H2,14,16)/t9-/m1/s1. The first-order valence-corrected chi connectivity index (χ1v) is 6.21. The molecule has 0 radical (unpaired) electrons. The fourth-order valence-corrected chi connectivity index (χ4v) is 2.18. The van der Waals surface area contributed by atoms with Gasteiger partial charge in [-0.25, -0.2) is 9.97 Å². The molecule has 0 amide bonds. The Kier molecular flexibility index (Phi) is 2.98. The van der Waals surface area contributed by atoms with Crippen LogP contribution in [0, 0.1) is 0 Å². The van der Waals surface area contributed by atoms with Crippen LogP contribution in [0.15, 0.2) is 24.3 Å². The second-order valence-corrected chi connectivity index (χ2v) is 4.51. The summed E-state index contributed by atoms with van der Waals surface area (Å²) in [5, 5.41) is 3.37. The normalized spacial score (nSPS) is 19.2. The van der Waals surface area contributed by atoms with Gasteiger partial charge in [-0.3, -0.25) is 0 Å². The van der Waals surface area contributed by atoms with Crippen molar-refractivity contribution in [2.45, 2.75) is 18.9 Å². The summed E-state index contributed by atoms with van der Waals surface area (Å²) in [6.07, 6.45) is 2.34. The van der Waals surface area contributed by atoms with Gasteiger partial charge in [-0.1, -0.05) is 12.1 Å². The summed E-state index contributed by atoms with van der Waals surface area (Å²) in [6.45, 7) is 1.66. The molecule has 18 heavy (non-hydrogen) atoms. The van der Waals surface area contributed by atoms with E-state index in [-0.39, 0.29) is 0 Å². The molecule has 5 nitrogen and oxygen atoms in total. The highest BCUT2D eigenvalue weighted by molar-refractivity contribution is 5.76. The molecule has 0 unspecified atom stereocenters. The van der Waals surface area contributed by atoms with Crippen LogP contribution in [0.3, 0.4) is 0 Å². The van der Waals surface area contributed by atoms with Crippen LogP contribution >= 0.6 is 0 Å². The molecular weight excluding hydrogens is 228 g/mol. The summed E-state index contributed by atoms with van der Waals surface area (Å²) < 4.78 is 5.67. The summed E-state index contributed by atoms with van der Waals surface area (Å²) in [5.41, 5.74) is 7.45. The lowest BCUT2D eigenvalue weighted by atomic mass is 10.2. The van der Waals surface area contributed by atoms with E-state index in [9.17, 15) is 0 Å². The number of nitrogens with one attached hydrogen (secondary N) is 1. The fourth-order valence-electron chi connectivity index (χ4n) is 2.18. The van der Waals surface area contributed by atoms with Crippen molar-refractivity contribution in [3.8, 4) is 5.88 Å². The van der Waals surface area contributed by atoms with E-state index in [1.807, 2.05) is 24.3 Å². The van der Waals surface area contributed by atoms with E-state index >= 15 is 0 Å². The molecule has 3 N–H and O–H groups in total. The monoisotopic (exact) mass is 244 g/mol. The highest BCUT2D eigenvalue weighted by Gasteiger charge is 2.16. The molecule has 1 atom stereocenters. The van der Waals surface area contributed by atoms with Gasteiger partial charge < -0.3 is 15.8 Å². The molecule has 1 aromatic carbocycles. The summed E-state index contributed by atoms with van der Waals surface area (Å²) in [4.78, 5) is 8.69. The first kappa shape index (κ1) is 11.2. The fraction of sp³-hybridized carbons (Fsp3) is 0.385. The van der Waals surface area contributed by atoms with E-state index in [1.165, 1.54) is 6.42 Å². The van der Waals surface area contributed by atoms with Crippen molar-refractivity contribution in [3.63, 3.8) is 0 Å². The van der Waals surface area contributed by atoms with Crippen molar-refractivity contribution in [1.82, 2.24) is 15.3 Å². The highest BCUT2D eigenvalue weighted by Crippen LogP contribution is 2.21. The minimum Gasteiger partial charge on any atom is -0.473 e. The van der Waals surface area contributed by atoms with E-state index in [1.54, 1.807) is 0 Å². The second kappa shape index (κ2) is 4.78. The van der Waals surface area contributed by atoms with Gasteiger partial charge in [-0.05, 0) is 31.5 Å². The van der Waals surface area contributed by atoms with Crippen LogP contribution in [0.2, 0.25) is 0 Å². The molecule has 1 aliphatic heterocycles. The molecule has 2 aromatic rings. The number of benzene rings is 1. The molecule has 0 bridgehead atoms. The Labute approximate surface area is 105 Å². The average molecular weight is 244 g/mol. The molecule has 2 heterocycles. The maximum atomic E-state index is 5.85. The van der Waals surface area contributed by atoms with Gasteiger partial charge in [-0.2, -0.15) is 0 Å². The van der Waals surface area contributed by atoms with Crippen molar-refractivity contribution < 1.29 is 4.74 Å². The first-order valence-electron chi connectivity index (χ1n) is 6.21. The number of rotatable bonds is 3. The molecule has 1 aromatic heterocycles. The minimum absolute atomic E-state index is 0.353. The maximum absolute atomic E-state index is 5.85. The average Bonchev–Trinajstić information content (AvgIpc) is 2.89. The Bertz CT molecular complexity index is 552. The molecule has 1 saturated heterocycles. The van der Waals surface area contributed by atoms with E-state index < -0.39 is 0 Å². The lowest BCUT2D eigenvalue weighted by Gasteiger charge is -2.12. The smallest absolute Gasteiger partial charge is 0.257 e. The third-order valence-electron chi connectivity index (χ3n) is 3.15. The maximum Gasteiger partial charge on any atom is 0.257 e. The van der Waals surface area contributed by atoms with Crippen molar-refractivity contribution in [2.75, 3.05) is 18.9 Å². The number of hydrogen-bond donors (Lipinski definition) is 2. The number of aromatic nitrogens is 2. The molecule has 1 aliphatic rings. The van der Waals surface area contributed by atoms with Gasteiger partial charge in [0.05, 0.1) is 11.0 Å². The van der Waals surface area contributed by atoms with Crippen molar-refractivity contribution in [1.29, 1.82) is 0 Å². The molecule has 0 spiro atoms. The Morgan fingerprint density at radius 3 is 2.78 bits per heavy atom. The number of hydrogen-bond acceptors (Lipinski definition) is 5. The second-order valence-electron chi connectivity index (χ2n) is 4.51. The number of nitrogens with two attached hydrogens (primary N) is 1. The van der Waals surface area contributed by atoms with Crippen LogP contribution in [0.5, 0.6) is 5.88 Å². The van der Waals surface area contributed by atoms with Gasteiger partial charge >= 0.3 is 0 Å². The number of fused-ring (bicyclic) bond motifs is 1. The third kappa shape index (κ3) is 2.22. The van der Waals surface area contributed by atoms with E-state index in [2.05, 4.69) is 15.3 Å². The predicted molar refractivity (Wildman–Crippen MR) is 70.5 cm³/mol. The summed E-state index contributed by atoms with van der Waals surface area (Å²) in [5.74, 6) is 0.786.